The summed E-state index contributed by atoms with van der Waals surface area (Å²) < 4.78 is 18.2. The lowest BCUT2D eigenvalue weighted by atomic mass is 9.77. The van der Waals surface area contributed by atoms with E-state index in [1.807, 2.05) is 70.2 Å². The molecule has 4 rings (SSSR count). The number of para-hydroxylation sites is 2. The van der Waals surface area contributed by atoms with Crippen LogP contribution in [-0.4, -0.2) is 30.0 Å². The van der Waals surface area contributed by atoms with Crippen LogP contribution in [-0.2, 0) is 9.31 Å². The molecule has 1 fully saturated rings. The van der Waals surface area contributed by atoms with Crippen LogP contribution in [0.5, 0.6) is 0 Å². The van der Waals surface area contributed by atoms with Crippen molar-refractivity contribution in [2.75, 3.05) is 6.61 Å². The molecule has 0 radical (unpaired) electrons. The lowest BCUT2D eigenvalue weighted by molar-refractivity contribution is 0.00578. The van der Waals surface area contributed by atoms with Crippen LogP contribution in [0, 0.1) is 0 Å². The molecule has 5 heteroatoms. The molecule has 0 unspecified atom stereocenters. The monoisotopic (exact) mass is 350 g/mol. The second-order valence-corrected chi connectivity index (χ2v) is 7.79. The Labute approximate surface area is 153 Å². The Morgan fingerprint density at radius 1 is 0.962 bits per heavy atom. The highest BCUT2D eigenvalue weighted by molar-refractivity contribution is 6.55. The van der Waals surface area contributed by atoms with Gasteiger partial charge >= 0.3 is 7.12 Å². The molecule has 0 bridgehead atoms. The second kappa shape index (κ2) is 5.98. The molecular formula is C21H23BO4. The van der Waals surface area contributed by atoms with Crippen molar-refractivity contribution in [2.24, 2.45) is 0 Å². The van der Waals surface area contributed by atoms with E-state index in [1.165, 1.54) is 0 Å². The van der Waals surface area contributed by atoms with Gasteiger partial charge in [-0.25, -0.2) is 0 Å². The molecular weight excluding hydrogens is 327 g/mol. The maximum absolute atomic E-state index is 9.94. The van der Waals surface area contributed by atoms with Crippen molar-refractivity contribution in [3.63, 3.8) is 0 Å². The lowest BCUT2D eigenvalue weighted by Gasteiger charge is -2.32. The standard InChI is InChI=1S/C21H23BO4/c1-20(2)21(3,4)26-22(25-20)15(13-23)12-14-8-7-10-17-16-9-5-6-11-18(16)24-19(14)17/h5-12,23H,13H2,1-4H3. The number of rotatable bonds is 3. The Hall–Kier alpha value is -2.08. The van der Waals surface area contributed by atoms with E-state index in [0.717, 1.165) is 27.5 Å². The van der Waals surface area contributed by atoms with Gasteiger partial charge in [0.1, 0.15) is 11.2 Å². The average molecular weight is 350 g/mol. The first-order chi connectivity index (χ1) is 12.3. The summed E-state index contributed by atoms with van der Waals surface area (Å²) in [6.45, 7) is 7.86. The van der Waals surface area contributed by atoms with Crippen molar-refractivity contribution in [3.8, 4) is 0 Å². The van der Waals surface area contributed by atoms with Crippen LogP contribution < -0.4 is 0 Å². The molecule has 0 aliphatic carbocycles. The van der Waals surface area contributed by atoms with E-state index in [4.69, 9.17) is 13.7 Å². The van der Waals surface area contributed by atoms with Gasteiger partial charge in [0.15, 0.2) is 0 Å². The molecule has 134 valence electrons. The van der Waals surface area contributed by atoms with Crippen LogP contribution in [0.3, 0.4) is 0 Å². The molecule has 1 aromatic heterocycles. The minimum Gasteiger partial charge on any atom is -0.455 e. The number of fused-ring (bicyclic) bond motifs is 3. The summed E-state index contributed by atoms with van der Waals surface area (Å²) in [5.74, 6) is 0. The van der Waals surface area contributed by atoms with E-state index in [-0.39, 0.29) is 6.61 Å². The quantitative estimate of drug-likeness (QED) is 0.702. The third-order valence-electron chi connectivity index (χ3n) is 5.51. The van der Waals surface area contributed by atoms with Crippen molar-refractivity contribution < 1.29 is 18.8 Å². The summed E-state index contributed by atoms with van der Waals surface area (Å²) in [4.78, 5) is 0. The highest BCUT2D eigenvalue weighted by Crippen LogP contribution is 2.39. The van der Waals surface area contributed by atoms with Gasteiger partial charge in [-0.05, 0) is 39.2 Å². The fourth-order valence-corrected chi connectivity index (χ4v) is 3.27. The minimum absolute atomic E-state index is 0.145. The molecule has 0 amide bonds. The van der Waals surface area contributed by atoms with Gasteiger partial charge in [-0.1, -0.05) is 42.5 Å². The van der Waals surface area contributed by atoms with E-state index in [2.05, 4.69) is 6.07 Å². The van der Waals surface area contributed by atoms with Crippen LogP contribution in [0.1, 0.15) is 33.3 Å². The predicted molar refractivity (Wildman–Crippen MR) is 105 cm³/mol. The number of aliphatic hydroxyl groups is 1. The highest BCUT2D eigenvalue weighted by atomic mass is 16.7. The number of aliphatic hydroxyl groups excluding tert-OH is 1. The SMILES string of the molecule is CC1(C)OB(C(=Cc2cccc3c2oc2ccccc23)CO)OC1(C)C. The van der Waals surface area contributed by atoms with E-state index >= 15 is 0 Å². The van der Waals surface area contributed by atoms with Crippen molar-refractivity contribution in [3.05, 3.63) is 53.5 Å². The molecule has 0 spiro atoms. The molecule has 2 aromatic carbocycles. The van der Waals surface area contributed by atoms with Gasteiger partial charge in [-0.15, -0.1) is 0 Å². The molecule has 0 saturated carbocycles. The van der Waals surface area contributed by atoms with Gasteiger partial charge in [-0.3, -0.25) is 0 Å². The number of hydrogen-bond acceptors (Lipinski definition) is 4. The summed E-state index contributed by atoms with van der Waals surface area (Å²) in [5.41, 5.74) is 2.34. The predicted octanol–water partition coefficient (Wildman–Crippen LogP) is 4.59. The zero-order valence-corrected chi connectivity index (χ0v) is 15.6. The smallest absolute Gasteiger partial charge is 0.455 e. The first-order valence-electron chi connectivity index (χ1n) is 8.90. The first kappa shape index (κ1) is 17.3. The molecule has 26 heavy (non-hydrogen) atoms. The van der Waals surface area contributed by atoms with Gasteiger partial charge in [0.2, 0.25) is 0 Å². The molecule has 3 aromatic rings. The van der Waals surface area contributed by atoms with E-state index in [0.29, 0.717) is 5.47 Å². The zero-order chi connectivity index (χ0) is 18.5. The summed E-state index contributed by atoms with van der Waals surface area (Å²) in [6, 6.07) is 14.0. The number of furan rings is 1. The fourth-order valence-electron chi connectivity index (χ4n) is 3.27. The first-order valence-corrected chi connectivity index (χ1v) is 8.90. The highest BCUT2D eigenvalue weighted by Gasteiger charge is 2.52. The Morgan fingerprint density at radius 2 is 1.62 bits per heavy atom. The Morgan fingerprint density at radius 3 is 2.31 bits per heavy atom. The minimum atomic E-state index is -0.579. The normalized spacial score (nSPS) is 19.6. The molecule has 2 heterocycles. The fraction of sp³-hybridized carbons (Fsp3) is 0.333. The van der Waals surface area contributed by atoms with Gasteiger partial charge in [0.05, 0.1) is 17.8 Å². The largest absolute Gasteiger partial charge is 0.492 e. The maximum atomic E-state index is 9.94. The van der Waals surface area contributed by atoms with Crippen molar-refractivity contribution in [1.82, 2.24) is 0 Å². The molecule has 1 aliphatic rings. The van der Waals surface area contributed by atoms with Gasteiger partial charge in [-0.2, -0.15) is 0 Å². The summed E-state index contributed by atoms with van der Waals surface area (Å²) in [6.07, 6.45) is 1.91. The Kier molecular flexibility index (Phi) is 3.99. The van der Waals surface area contributed by atoms with Crippen molar-refractivity contribution in [1.29, 1.82) is 0 Å². The third kappa shape index (κ3) is 2.67. The maximum Gasteiger partial charge on any atom is 0.492 e. The van der Waals surface area contributed by atoms with Crippen molar-refractivity contribution >= 4 is 35.1 Å². The van der Waals surface area contributed by atoms with Crippen LogP contribution in [0.15, 0.2) is 52.4 Å². The van der Waals surface area contributed by atoms with Gasteiger partial charge in [0.25, 0.3) is 0 Å². The van der Waals surface area contributed by atoms with Crippen LogP contribution in [0.25, 0.3) is 28.0 Å². The van der Waals surface area contributed by atoms with Gasteiger partial charge in [0, 0.05) is 16.3 Å². The molecule has 1 saturated heterocycles. The lowest BCUT2D eigenvalue weighted by Crippen LogP contribution is -2.41. The molecule has 1 N–H and O–H groups in total. The van der Waals surface area contributed by atoms with E-state index in [9.17, 15) is 5.11 Å². The summed E-state index contributed by atoms with van der Waals surface area (Å²) in [5, 5.41) is 12.1. The molecule has 1 aliphatic heterocycles. The van der Waals surface area contributed by atoms with E-state index < -0.39 is 18.3 Å². The van der Waals surface area contributed by atoms with Gasteiger partial charge < -0.3 is 18.8 Å². The van der Waals surface area contributed by atoms with Crippen molar-refractivity contribution in [2.45, 2.75) is 38.9 Å². The van der Waals surface area contributed by atoms with Crippen LogP contribution >= 0.6 is 0 Å². The zero-order valence-electron chi connectivity index (χ0n) is 15.6. The number of benzene rings is 2. The Bertz CT molecular complexity index is 984. The summed E-state index contributed by atoms with van der Waals surface area (Å²) in [7, 11) is -0.579. The topological polar surface area (TPSA) is 51.8 Å². The molecule has 0 atom stereocenters. The number of hydrogen-bond donors (Lipinski definition) is 1. The van der Waals surface area contributed by atoms with Crippen LogP contribution in [0.4, 0.5) is 0 Å². The average Bonchev–Trinajstić information content (AvgIpc) is 3.07. The Balaban J connectivity index is 1.79. The summed E-state index contributed by atoms with van der Waals surface area (Å²) >= 11 is 0. The van der Waals surface area contributed by atoms with E-state index in [1.54, 1.807) is 0 Å². The van der Waals surface area contributed by atoms with Crippen LogP contribution in [0.2, 0.25) is 0 Å². The third-order valence-corrected chi connectivity index (χ3v) is 5.51. The molecule has 4 nitrogen and oxygen atoms in total. The second-order valence-electron chi connectivity index (χ2n) is 7.79.